The Labute approximate surface area is 113 Å². The normalized spacial score (nSPS) is 5.54. The number of rotatable bonds is 0. The maximum absolute atomic E-state index is 2.15. The van der Waals surface area contributed by atoms with Crippen molar-refractivity contribution < 1.29 is 25.8 Å². The van der Waals surface area contributed by atoms with Gasteiger partial charge in [0.05, 0.1) is 0 Å². The molecule has 0 rings (SSSR count). The molecule has 5 heteroatoms. The van der Waals surface area contributed by atoms with Crippen LogP contribution in [0.3, 0.4) is 0 Å². The van der Waals surface area contributed by atoms with Gasteiger partial charge in [0.15, 0.2) is 0 Å². The molecule has 0 saturated carbocycles. The SMILES string of the molecule is CPC.CPC.CPC.CPC.[Hf]. The quantitative estimate of drug-likeness (QED) is 0.409. The molecule has 13 heavy (non-hydrogen) atoms. The van der Waals surface area contributed by atoms with Crippen molar-refractivity contribution in [2.24, 2.45) is 0 Å². The van der Waals surface area contributed by atoms with Gasteiger partial charge in [0.1, 0.15) is 0 Å². The third-order valence-electron chi connectivity index (χ3n) is 0. The minimum Gasteiger partial charge on any atom is -0.129 e. The third kappa shape index (κ3) is 345. The second-order valence-corrected chi connectivity index (χ2v) is 6.00. The molecule has 0 radical (unpaired) electrons. The van der Waals surface area contributed by atoms with Crippen LogP contribution >= 0.6 is 34.3 Å². The van der Waals surface area contributed by atoms with Gasteiger partial charge in [-0.2, -0.15) is 0 Å². The standard InChI is InChI=1S/4C2H7P.Hf/c4*1-3-2;/h4*3H,1-2H3;. The van der Waals surface area contributed by atoms with E-state index >= 15 is 0 Å². The number of hydrogen-bond acceptors (Lipinski definition) is 0. The molecular formula is C8H28HfP4. The van der Waals surface area contributed by atoms with Crippen LogP contribution < -0.4 is 0 Å². The van der Waals surface area contributed by atoms with Gasteiger partial charge in [-0.1, -0.05) is 0 Å². The molecule has 0 unspecified atom stereocenters. The summed E-state index contributed by atoms with van der Waals surface area (Å²) in [6, 6.07) is 0. The van der Waals surface area contributed by atoms with Gasteiger partial charge in [0, 0.05) is 25.8 Å². The predicted molar refractivity (Wildman–Crippen MR) is 80.7 cm³/mol. The van der Waals surface area contributed by atoms with Crippen LogP contribution in [0.25, 0.3) is 0 Å². The Hall–Kier alpha value is 2.59. The minimum absolute atomic E-state index is 0. The van der Waals surface area contributed by atoms with Crippen LogP contribution in [0.2, 0.25) is 0 Å². The molecule has 0 aliphatic rings. The van der Waals surface area contributed by atoms with E-state index in [-0.39, 0.29) is 25.8 Å². The van der Waals surface area contributed by atoms with Crippen LogP contribution in [0, 0.1) is 0 Å². The van der Waals surface area contributed by atoms with Crippen molar-refractivity contribution in [2.75, 3.05) is 53.3 Å². The summed E-state index contributed by atoms with van der Waals surface area (Å²) in [5.74, 6) is 0. The topological polar surface area (TPSA) is 0 Å². The third-order valence-corrected chi connectivity index (χ3v) is 0. The summed E-state index contributed by atoms with van der Waals surface area (Å²) in [6.07, 6.45) is 0. The summed E-state index contributed by atoms with van der Waals surface area (Å²) in [4.78, 5) is 0. The summed E-state index contributed by atoms with van der Waals surface area (Å²) in [5.41, 5.74) is 0. The van der Waals surface area contributed by atoms with Gasteiger partial charge in [-0.3, -0.25) is 0 Å². The summed E-state index contributed by atoms with van der Waals surface area (Å²) in [5, 5.41) is 0. The van der Waals surface area contributed by atoms with Crippen molar-refractivity contribution in [1.82, 2.24) is 0 Å². The van der Waals surface area contributed by atoms with E-state index in [0.29, 0.717) is 0 Å². The van der Waals surface area contributed by atoms with Gasteiger partial charge in [-0.15, -0.1) is 34.3 Å². The molecule has 0 atom stereocenters. The first-order chi connectivity index (χ1) is 5.66. The average Bonchev–Trinajstić information content (AvgIpc) is 1.92. The molecule has 0 nitrogen and oxygen atoms in total. The largest absolute Gasteiger partial charge is 0.129 e. The van der Waals surface area contributed by atoms with Crippen molar-refractivity contribution in [3.63, 3.8) is 0 Å². The van der Waals surface area contributed by atoms with Crippen molar-refractivity contribution >= 4 is 34.3 Å². The van der Waals surface area contributed by atoms with Gasteiger partial charge >= 0.3 is 0 Å². The molecule has 0 aliphatic heterocycles. The van der Waals surface area contributed by atoms with E-state index in [4.69, 9.17) is 0 Å². The van der Waals surface area contributed by atoms with Crippen LogP contribution in [0.1, 0.15) is 0 Å². The van der Waals surface area contributed by atoms with E-state index in [1.807, 2.05) is 0 Å². The molecule has 0 spiro atoms. The average molecular weight is 427 g/mol. The Morgan fingerprint density at radius 1 is 0.385 bits per heavy atom. The van der Waals surface area contributed by atoms with Gasteiger partial charge in [0.2, 0.25) is 0 Å². The molecule has 0 fully saturated rings. The Bertz CT molecular complexity index is 24.1. The van der Waals surface area contributed by atoms with Gasteiger partial charge in [0.25, 0.3) is 0 Å². The molecule has 0 saturated heterocycles. The van der Waals surface area contributed by atoms with Crippen LogP contribution in [0.15, 0.2) is 0 Å². The molecule has 0 bridgehead atoms. The fourth-order valence-electron chi connectivity index (χ4n) is 0. The van der Waals surface area contributed by atoms with Crippen molar-refractivity contribution in [2.45, 2.75) is 0 Å². The minimum atomic E-state index is 0. The fraction of sp³-hybridized carbons (Fsp3) is 1.00. The van der Waals surface area contributed by atoms with E-state index < -0.39 is 0 Å². The Morgan fingerprint density at radius 3 is 0.385 bits per heavy atom. The monoisotopic (exact) mass is 428 g/mol. The van der Waals surface area contributed by atoms with Crippen molar-refractivity contribution in [3.05, 3.63) is 0 Å². The van der Waals surface area contributed by atoms with Crippen LogP contribution in [0.5, 0.6) is 0 Å². The first kappa shape index (κ1) is 29.6. The molecule has 0 heterocycles. The zero-order valence-electron chi connectivity index (χ0n) is 10.5. The summed E-state index contributed by atoms with van der Waals surface area (Å²) < 4.78 is 0. The van der Waals surface area contributed by atoms with E-state index in [1.165, 1.54) is 0 Å². The zero-order chi connectivity index (χ0) is 10.8. The predicted octanol–water partition coefficient (Wildman–Crippen LogP) is 3.70. The summed E-state index contributed by atoms with van der Waals surface area (Å²) in [7, 11) is 4.33. The fourth-order valence-corrected chi connectivity index (χ4v) is 0. The first-order valence-electron chi connectivity index (χ1n) is 4.00. The molecule has 0 aromatic heterocycles. The van der Waals surface area contributed by atoms with Gasteiger partial charge in [-0.25, -0.2) is 0 Å². The van der Waals surface area contributed by atoms with E-state index in [2.05, 4.69) is 53.3 Å². The van der Waals surface area contributed by atoms with Gasteiger partial charge in [-0.05, 0) is 53.3 Å². The maximum Gasteiger partial charge on any atom is 0 e. The molecule has 0 N–H and O–H groups in total. The number of hydrogen-bond donors (Lipinski definition) is 0. The second kappa shape index (κ2) is 62.0. The molecule has 0 aromatic carbocycles. The molecule has 0 aromatic rings. The van der Waals surface area contributed by atoms with E-state index in [0.717, 1.165) is 34.3 Å². The molecule has 0 amide bonds. The molecule has 84 valence electrons. The van der Waals surface area contributed by atoms with E-state index in [1.54, 1.807) is 0 Å². The summed E-state index contributed by atoms with van der Waals surface area (Å²) >= 11 is 0. The summed E-state index contributed by atoms with van der Waals surface area (Å²) in [6.45, 7) is 17.2. The maximum atomic E-state index is 2.15. The molecular weight excluding hydrogens is 398 g/mol. The van der Waals surface area contributed by atoms with Crippen LogP contribution in [-0.4, -0.2) is 53.3 Å². The van der Waals surface area contributed by atoms with Crippen molar-refractivity contribution in [3.8, 4) is 0 Å². The zero-order valence-corrected chi connectivity index (χ0v) is 18.1. The van der Waals surface area contributed by atoms with Gasteiger partial charge < -0.3 is 0 Å². The molecule has 0 aliphatic carbocycles. The second-order valence-electron chi connectivity index (χ2n) is 2.00. The van der Waals surface area contributed by atoms with Crippen molar-refractivity contribution in [1.29, 1.82) is 0 Å². The van der Waals surface area contributed by atoms with E-state index in [9.17, 15) is 0 Å². The smallest absolute Gasteiger partial charge is 0 e. The van der Waals surface area contributed by atoms with Crippen LogP contribution in [0.4, 0.5) is 0 Å². The Kier molecular flexibility index (Phi) is 141. The Morgan fingerprint density at radius 2 is 0.385 bits per heavy atom. The Balaban J connectivity index is -0.0000000213. The van der Waals surface area contributed by atoms with Crippen LogP contribution in [-0.2, 0) is 25.8 Å². The first-order valence-corrected chi connectivity index (χ1v) is 12.0.